The first-order valence-corrected chi connectivity index (χ1v) is 11.7. The van der Waals surface area contributed by atoms with Crippen LogP contribution in [0.5, 0.6) is 0 Å². The molecule has 1 aliphatic heterocycles. The number of morpholine rings is 1. The first kappa shape index (κ1) is 29.8. The highest BCUT2D eigenvalue weighted by molar-refractivity contribution is 5.95. The van der Waals surface area contributed by atoms with Crippen LogP contribution in [0.1, 0.15) is 32.6 Å². The second-order valence-electron chi connectivity index (χ2n) is 8.60. The van der Waals surface area contributed by atoms with Crippen LogP contribution in [0.4, 0.5) is 32.3 Å². The Balaban J connectivity index is 0.000000224. The van der Waals surface area contributed by atoms with Crippen molar-refractivity contribution in [3.05, 3.63) is 76.5 Å². The van der Waals surface area contributed by atoms with Crippen molar-refractivity contribution in [1.29, 1.82) is 0 Å². The normalized spacial score (nSPS) is 14.0. The second kappa shape index (κ2) is 12.4. The molecule has 210 valence electrons. The summed E-state index contributed by atoms with van der Waals surface area (Å²) in [6, 6.07) is 9.13. The number of carboxylic acid groups (broad SMARTS) is 1. The predicted molar refractivity (Wildman–Crippen MR) is 131 cm³/mol. The number of nitrogens with one attached hydrogen (secondary N) is 1. The van der Waals surface area contributed by atoms with E-state index in [1.807, 2.05) is 36.1 Å². The number of carboxylic acids is 1. The van der Waals surface area contributed by atoms with Gasteiger partial charge in [-0.2, -0.15) is 26.3 Å². The van der Waals surface area contributed by atoms with E-state index in [0.717, 1.165) is 11.1 Å². The van der Waals surface area contributed by atoms with Crippen molar-refractivity contribution in [1.82, 2.24) is 15.3 Å². The molecule has 2 aromatic carbocycles. The number of hydrogen-bond donors (Lipinski definition) is 2. The van der Waals surface area contributed by atoms with Crippen molar-refractivity contribution in [3.63, 3.8) is 0 Å². The molecule has 1 fully saturated rings. The van der Waals surface area contributed by atoms with Crippen molar-refractivity contribution in [2.45, 2.75) is 25.8 Å². The Bertz CT molecular complexity index is 1260. The number of halogens is 6. The van der Waals surface area contributed by atoms with Crippen LogP contribution >= 0.6 is 0 Å². The van der Waals surface area contributed by atoms with Crippen molar-refractivity contribution >= 4 is 11.9 Å². The van der Waals surface area contributed by atoms with Gasteiger partial charge in [0.25, 0.3) is 0 Å². The first-order chi connectivity index (χ1) is 18.3. The van der Waals surface area contributed by atoms with Crippen molar-refractivity contribution in [3.8, 4) is 11.3 Å². The zero-order chi connectivity index (χ0) is 28.8. The number of aryl methyl sites for hydroxylation is 1. The number of hydrogen-bond acceptors (Lipinski definition) is 6. The Morgan fingerprint density at radius 1 is 1.03 bits per heavy atom. The summed E-state index contributed by atoms with van der Waals surface area (Å²) in [7, 11) is 1.44. The summed E-state index contributed by atoms with van der Waals surface area (Å²) < 4.78 is 79.7. The molecule has 2 heterocycles. The summed E-state index contributed by atoms with van der Waals surface area (Å²) in [5.74, 6) is -0.474. The van der Waals surface area contributed by atoms with E-state index in [1.165, 1.54) is 13.2 Å². The molecule has 1 saturated heterocycles. The van der Waals surface area contributed by atoms with Gasteiger partial charge in [0.1, 0.15) is 5.56 Å². The maximum atomic E-state index is 12.4. The largest absolute Gasteiger partial charge is 0.478 e. The monoisotopic (exact) mass is 556 g/mol. The average molecular weight is 557 g/mol. The minimum atomic E-state index is -4.79. The molecule has 1 aliphatic rings. The van der Waals surface area contributed by atoms with E-state index in [4.69, 9.17) is 4.74 Å². The number of nitrogens with zero attached hydrogens (tertiary/aromatic N) is 3. The van der Waals surface area contributed by atoms with E-state index < -0.39 is 29.4 Å². The van der Waals surface area contributed by atoms with E-state index in [2.05, 4.69) is 15.3 Å². The first-order valence-electron chi connectivity index (χ1n) is 11.7. The third kappa shape index (κ3) is 7.90. The SMILES string of the molecule is CNCc1cc(C(F)(F)F)cc(C(F)(F)F)c1.Cc1ccccc1-c1nc(N2CCOCC2)ncc1C(=O)O. The molecule has 0 amide bonds. The Morgan fingerprint density at radius 3 is 2.13 bits per heavy atom. The Hall–Kier alpha value is -3.71. The van der Waals surface area contributed by atoms with Crippen molar-refractivity contribution in [2.75, 3.05) is 38.3 Å². The smallest absolute Gasteiger partial charge is 0.416 e. The molecule has 13 heteroatoms. The van der Waals surface area contributed by atoms with Gasteiger partial charge in [0.2, 0.25) is 5.95 Å². The number of benzene rings is 2. The lowest BCUT2D eigenvalue weighted by Crippen LogP contribution is -2.37. The highest BCUT2D eigenvalue weighted by Gasteiger charge is 2.36. The van der Waals surface area contributed by atoms with Crippen LogP contribution in [-0.4, -0.2) is 54.4 Å². The summed E-state index contributed by atoms with van der Waals surface area (Å²) in [4.78, 5) is 22.2. The lowest BCUT2D eigenvalue weighted by molar-refractivity contribution is -0.143. The number of carbonyl (C=O) groups is 1. The fraction of sp³-hybridized carbons (Fsp3) is 0.346. The van der Waals surface area contributed by atoms with E-state index >= 15 is 0 Å². The quantitative estimate of drug-likeness (QED) is 0.406. The molecule has 0 aliphatic carbocycles. The molecule has 39 heavy (non-hydrogen) atoms. The van der Waals surface area contributed by atoms with Crippen LogP contribution in [0.15, 0.2) is 48.7 Å². The molecular weight excluding hydrogens is 530 g/mol. The summed E-state index contributed by atoms with van der Waals surface area (Å²) in [6.45, 7) is 4.55. The molecule has 0 unspecified atom stereocenters. The summed E-state index contributed by atoms with van der Waals surface area (Å²) in [5.41, 5.74) is -0.272. The summed E-state index contributed by atoms with van der Waals surface area (Å²) in [6.07, 6.45) is -8.19. The lowest BCUT2D eigenvalue weighted by atomic mass is 10.0. The number of anilines is 1. The molecule has 0 bridgehead atoms. The zero-order valence-corrected chi connectivity index (χ0v) is 21.0. The fourth-order valence-corrected chi connectivity index (χ4v) is 3.81. The Morgan fingerprint density at radius 2 is 1.62 bits per heavy atom. The number of ether oxygens (including phenoxy) is 1. The van der Waals surface area contributed by atoms with Gasteiger partial charge in [-0.25, -0.2) is 14.8 Å². The van der Waals surface area contributed by atoms with Crippen LogP contribution in [0.25, 0.3) is 11.3 Å². The van der Waals surface area contributed by atoms with Crippen LogP contribution in [0, 0.1) is 6.92 Å². The molecule has 4 rings (SSSR count). The third-order valence-corrected chi connectivity index (χ3v) is 5.73. The van der Waals surface area contributed by atoms with Crippen molar-refractivity contribution in [2.24, 2.45) is 0 Å². The minimum absolute atomic E-state index is 0.0605. The van der Waals surface area contributed by atoms with Gasteiger partial charge >= 0.3 is 18.3 Å². The number of aromatic nitrogens is 2. The lowest BCUT2D eigenvalue weighted by Gasteiger charge is -2.27. The highest BCUT2D eigenvalue weighted by Crippen LogP contribution is 2.36. The van der Waals surface area contributed by atoms with Gasteiger partial charge in [-0.1, -0.05) is 24.3 Å². The molecule has 0 radical (unpaired) electrons. The number of aromatic carboxylic acids is 1. The molecular formula is C26H26F6N4O3. The minimum Gasteiger partial charge on any atom is -0.478 e. The predicted octanol–water partition coefficient (Wildman–Crippen LogP) is 5.43. The van der Waals surface area contributed by atoms with Gasteiger partial charge in [0.15, 0.2) is 0 Å². The number of alkyl halides is 6. The van der Waals surface area contributed by atoms with Crippen molar-refractivity contribution < 1.29 is 41.0 Å². The van der Waals surface area contributed by atoms with Gasteiger partial charge in [-0.15, -0.1) is 0 Å². The average Bonchev–Trinajstić information content (AvgIpc) is 2.88. The van der Waals surface area contributed by atoms with Crippen LogP contribution in [0.2, 0.25) is 0 Å². The molecule has 0 atom stereocenters. The van der Waals surface area contributed by atoms with Gasteiger partial charge in [-0.3, -0.25) is 0 Å². The maximum absolute atomic E-state index is 12.4. The van der Waals surface area contributed by atoms with E-state index in [-0.39, 0.29) is 23.7 Å². The van der Waals surface area contributed by atoms with Crippen LogP contribution in [0.3, 0.4) is 0 Å². The van der Waals surface area contributed by atoms with Gasteiger partial charge in [0.05, 0.1) is 30.0 Å². The topological polar surface area (TPSA) is 87.6 Å². The van der Waals surface area contributed by atoms with E-state index in [0.29, 0.717) is 50.1 Å². The van der Waals surface area contributed by atoms with Gasteiger partial charge in [-0.05, 0) is 43.3 Å². The molecule has 3 aromatic rings. The maximum Gasteiger partial charge on any atom is 0.416 e. The zero-order valence-electron chi connectivity index (χ0n) is 21.0. The fourth-order valence-electron chi connectivity index (χ4n) is 3.81. The third-order valence-electron chi connectivity index (χ3n) is 5.73. The Kier molecular flexibility index (Phi) is 9.51. The highest BCUT2D eigenvalue weighted by atomic mass is 19.4. The van der Waals surface area contributed by atoms with Crippen LogP contribution < -0.4 is 10.2 Å². The Labute approximate surface area is 220 Å². The van der Waals surface area contributed by atoms with Crippen LogP contribution in [-0.2, 0) is 23.6 Å². The summed E-state index contributed by atoms with van der Waals surface area (Å²) in [5, 5.41) is 11.9. The van der Waals surface area contributed by atoms with Gasteiger partial charge < -0.3 is 20.1 Å². The molecule has 2 N–H and O–H groups in total. The molecule has 0 spiro atoms. The molecule has 7 nitrogen and oxygen atoms in total. The van der Waals surface area contributed by atoms with Gasteiger partial charge in [0, 0.05) is 31.4 Å². The summed E-state index contributed by atoms with van der Waals surface area (Å²) >= 11 is 0. The van der Waals surface area contributed by atoms with E-state index in [9.17, 15) is 36.2 Å². The molecule has 0 saturated carbocycles. The molecule has 1 aromatic heterocycles. The standard InChI is InChI=1S/C16H17N3O3.C10H9F6N/c1-11-4-2-3-5-12(11)14-13(15(20)21)10-17-16(18-14)19-6-8-22-9-7-19;1-17-5-6-2-7(9(11,12)13)4-8(3-6)10(14,15)16/h2-5,10H,6-9H2,1H3,(H,20,21);2-4,17H,5H2,1H3. The number of rotatable bonds is 5. The second-order valence-corrected chi connectivity index (χ2v) is 8.60. The van der Waals surface area contributed by atoms with E-state index in [1.54, 1.807) is 0 Å².